The van der Waals surface area contributed by atoms with Gasteiger partial charge in [-0.1, -0.05) is 82.7 Å². The minimum Gasteiger partial charge on any atom is -0.294 e. The Morgan fingerprint density at radius 2 is 1.48 bits per heavy atom. The molecule has 1 saturated carbocycles. The van der Waals surface area contributed by atoms with E-state index in [0.717, 1.165) is 30.8 Å². The third-order valence-corrected chi connectivity index (χ3v) is 9.94. The van der Waals surface area contributed by atoms with E-state index in [0.29, 0.717) is 0 Å². The lowest BCUT2D eigenvalue weighted by Gasteiger charge is -2.56. The number of hydrogen-bond acceptors (Lipinski definition) is 4. The minimum atomic E-state index is -0.646. The Hall–Kier alpha value is -0.940. The van der Waals surface area contributed by atoms with Crippen molar-refractivity contribution in [1.29, 1.82) is 0 Å². The van der Waals surface area contributed by atoms with Crippen molar-refractivity contribution in [3.63, 3.8) is 0 Å². The van der Waals surface area contributed by atoms with Gasteiger partial charge in [-0.15, -0.1) is 23.5 Å². The molecule has 2 aliphatic rings. The largest absolute Gasteiger partial charge is 0.294 e. The molecule has 2 amide bonds. The second kappa shape index (κ2) is 10.4. The predicted molar refractivity (Wildman–Crippen MR) is 126 cm³/mol. The minimum absolute atomic E-state index is 0.0452. The summed E-state index contributed by atoms with van der Waals surface area (Å²) in [5.74, 6) is 1.93. The van der Waals surface area contributed by atoms with E-state index in [9.17, 15) is 9.59 Å². The Balaban J connectivity index is 1.80. The van der Waals surface area contributed by atoms with Gasteiger partial charge in [-0.2, -0.15) is 0 Å². The van der Waals surface area contributed by atoms with Crippen molar-refractivity contribution in [2.75, 3.05) is 11.5 Å². The zero-order valence-electron chi connectivity index (χ0n) is 17.9. The summed E-state index contributed by atoms with van der Waals surface area (Å²) in [5.41, 5.74) is 1.20. The first kappa shape index (κ1) is 22.7. The standard InChI is InChI=1S/C24H35NO2S2/c1-3-5-7-12-16-28-23-18-20(19-14-10-9-11-15-19)24(23,22(27)25-21(23)26)29-17-13-8-6-4-2/h9-11,14-15,20H,3-8,12-13,16-18H2,1-2H3,(H,25,26,27). The summed E-state index contributed by atoms with van der Waals surface area (Å²) >= 11 is 3.52. The van der Waals surface area contributed by atoms with E-state index in [1.165, 1.54) is 44.1 Å². The Kier molecular flexibility index (Phi) is 8.15. The van der Waals surface area contributed by atoms with Crippen molar-refractivity contribution >= 4 is 35.3 Å². The number of carbonyl (C=O) groups is 2. The SMILES string of the molecule is CCCCCCSC12CC(c3ccccc3)C1(SCCCCCC)C(=O)NC2=O. The Morgan fingerprint density at radius 1 is 0.862 bits per heavy atom. The van der Waals surface area contributed by atoms with Crippen LogP contribution < -0.4 is 5.32 Å². The van der Waals surface area contributed by atoms with Crippen molar-refractivity contribution < 1.29 is 9.59 Å². The topological polar surface area (TPSA) is 46.2 Å². The van der Waals surface area contributed by atoms with Gasteiger partial charge in [0.2, 0.25) is 11.8 Å². The summed E-state index contributed by atoms with van der Waals surface area (Å²) in [5, 5.41) is 2.74. The molecule has 0 aromatic heterocycles. The molecule has 3 rings (SSSR count). The zero-order valence-corrected chi connectivity index (χ0v) is 19.5. The lowest BCUT2D eigenvalue weighted by atomic mass is 9.61. The van der Waals surface area contributed by atoms with Gasteiger partial charge >= 0.3 is 0 Å². The van der Waals surface area contributed by atoms with E-state index >= 15 is 0 Å². The van der Waals surface area contributed by atoms with Crippen LogP contribution in [-0.2, 0) is 9.59 Å². The molecule has 1 heterocycles. The number of fused-ring (bicyclic) bond motifs is 1. The average molecular weight is 434 g/mol. The molecule has 1 saturated heterocycles. The van der Waals surface area contributed by atoms with Crippen LogP contribution in [0.25, 0.3) is 0 Å². The van der Waals surface area contributed by atoms with Gasteiger partial charge in [-0.05, 0) is 36.3 Å². The number of rotatable bonds is 13. The van der Waals surface area contributed by atoms with E-state index in [1.54, 1.807) is 23.5 Å². The molecule has 1 aliphatic heterocycles. The summed E-state index contributed by atoms with van der Waals surface area (Å²) in [7, 11) is 0. The molecule has 0 bridgehead atoms. The van der Waals surface area contributed by atoms with Gasteiger partial charge in [0, 0.05) is 5.92 Å². The Morgan fingerprint density at radius 3 is 2.10 bits per heavy atom. The van der Waals surface area contributed by atoms with E-state index < -0.39 is 9.49 Å². The van der Waals surface area contributed by atoms with Gasteiger partial charge in [-0.3, -0.25) is 14.9 Å². The van der Waals surface area contributed by atoms with Crippen LogP contribution in [0, 0.1) is 0 Å². The molecule has 3 nitrogen and oxygen atoms in total. The number of thioether (sulfide) groups is 2. The summed E-state index contributed by atoms with van der Waals surface area (Å²) in [4.78, 5) is 26.3. The van der Waals surface area contributed by atoms with E-state index in [2.05, 4.69) is 31.3 Å². The van der Waals surface area contributed by atoms with Gasteiger partial charge in [-0.25, -0.2) is 0 Å². The van der Waals surface area contributed by atoms with Crippen LogP contribution in [0.15, 0.2) is 30.3 Å². The first-order valence-electron chi connectivity index (χ1n) is 11.3. The molecule has 1 aromatic rings. The fraction of sp³-hybridized carbons (Fsp3) is 0.667. The Bertz CT molecular complexity index is 695. The molecule has 29 heavy (non-hydrogen) atoms. The molecule has 3 atom stereocenters. The lowest BCUT2D eigenvalue weighted by molar-refractivity contribution is -0.125. The molecule has 160 valence electrons. The molecule has 2 fully saturated rings. The van der Waals surface area contributed by atoms with Crippen LogP contribution >= 0.6 is 23.5 Å². The number of unbranched alkanes of at least 4 members (excludes halogenated alkanes) is 6. The molecular weight excluding hydrogens is 398 g/mol. The normalized spacial score (nSPS) is 28.1. The summed E-state index contributed by atoms with van der Waals surface area (Å²) in [6, 6.07) is 10.3. The maximum Gasteiger partial charge on any atom is 0.245 e. The average Bonchev–Trinajstić information content (AvgIpc) is 2.86. The fourth-order valence-electron chi connectivity index (χ4n) is 4.72. The summed E-state index contributed by atoms with van der Waals surface area (Å²) in [6.45, 7) is 4.43. The maximum absolute atomic E-state index is 13.2. The van der Waals surface area contributed by atoms with Crippen LogP contribution in [0.4, 0.5) is 0 Å². The first-order valence-corrected chi connectivity index (χ1v) is 13.3. The lowest BCUT2D eigenvalue weighted by Crippen LogP contribution is -2.66. The van der Waals surface area contributed by atoms with Gasteiger partial charge in [0.15, 0.2) is 0 Å². The quantitative estimate of drug-likeness (QED) is 0.309. The van der Waals surface area contributed by atoms with Crippen molar-refractivity contribution in [2.24, 2.45) is 0 Å². The number of hydrogen-bond donors (Lipinski definition) is 1. The van der Waals surface area contributed by atoms with Crippen LogP contribution in [0.5, 0.6) is 0 Å². The highest BCUT2D eigenvalue weighted by Gasteiger charge is 2.77. The van der Waals surface area contributed by atoms with Crippen molar-refractivity contribution in [3.8, 4) is 0 Å². The monoisotopic (exact) mass is 433 g/mol. The second-order valence-corrected chi connectivity index (χ2v) is 11.1. The van der Waals surface area contributed by atoms with Crippen LogP contribution in [-0.4, -0.2) is 32.8 Å². The highest BCUT2D eigenvalue weighted by atomic mass is 32.2. The van der Waals surface area contributed by atoms with Gasteiger partial charge in [0.05, 0.1) is 0 Å². The van der Waals surface area contributed by atoms with Gasteiger partial charge in [0.1, 0.15) is 9.49 Å². The second-order valence-electron chi connectivity index (χ2n) is 8.33. The van der Waals surface area contributed by atoms with E-state index in [1.807, 2.05) is 18.2 Å². The zero-order chi connectivity index (χ0) is 20.7. The number of benzene rings is 1. The van der Waals surface area contributed by atoms with E-state index in [-0.39, 0.29) is 17.7 Å². The fourth-order valence-corrected chi connectivity index (χ4v) is 8.37. The highest BCUT2D eigenvalue weighted by Crippen LogP contribution is 2.68. The Labute approximate surface area is 184 Å². The summed E-state index contributed by atoms with van der Waals surface area (Å²) < 4.78 is -1.24. The van der Waals surface area contributed by atoms with Gasteiger partial charge < -0.3 is 0 Å². The first-order chi connectivity index (χ1) is 14.1. The number of carbonyl (C=O) groups excluding carboxylic acids is 2. The van der Waals surface area contributed by atoms with Crippen molar-refractivity contribution in [1.82, 2.24) is 5.32 Å². The molecular formula is C24H35NO2S2. The molecule has 1 aliphatic carbocycles. The number of nitrogens with one attached hydrogen (secondary N) is 1. The molecule has 0 radical (unpaired) electrons. The highest BCUT2D eigenvalue weighted by molar-refractivity contribution is 8.06. The number of amides is 2. The predicted octanol–water partition coefficient (Wildman–Crippen LogP) is 5.93. The smallest absolute Gasteiger partial charge is 0.245 e. The molecule has 3 unspecified atom stereocenters. The third kappa shape index (κ3) is 4.27. The summed E-state index contributed by atoms with van der Waals surface area (Å²) in [6.07, 6.45) is 10.3. The van der Waals surface area contributed by atoms with Crippen molar-refractivity contribution in [2.45, 2.75) is 87.0 Å². The molecule has 1 aromatic carbocycles. The van der Waals surface area contributed by atoms with Gasteiger partial charge in [0.25, 0.3) is 0 Å². The third-order valence-electron chi connectivity index (χ3n) is 6.39. The van der Waals surface area contributed by atoms with Crippen LogP contribution in [0.2, 0.25) is 0 Å². The number of imide groups is 1. The molecule has 1 N–H and O–H groups in total. The molecule has 5 heteroatoms. The van der Waals surface area contributed by atoms with Crippen LogP contribution in [0.3, 0.4) is 0 Å². The van der Waals surface area contributed by atoms with E-state index in [4.69, 9.17) is 0 Å². The molecule has 0 spiro atoms. The maximum atomic E-state index is 13.2. The van der Waals surface area contributed by atoms with Crippen molar-refractivity contribution in [3.05, 3.63) is 35.9 Å². The van der Waals surface area contributed by atoms with Crippen LogP contribution in [0.1, 0.15) is 83.1 Å².